The third kappa shape index (κ3) is 3.22. The number of amides is 1. The molecule has 0 aliphatic rings. The highest BCUT2D eigenvalue weighted by Gasteiger charge is 2.21. The lowest BCUT2D eigenvalue weighted by atomic mass is 10.1. The number of carboxylic acids is 1. The van der Waals surface area contributed by atoms with Crippen LogP contribution < -0.4 is 5.32 Å². The van der Waals surface area contributed by atoms with E-state index in [1.165, 1.54) is 6.07 Å². The van der Waals surface area contributed by atoms with Gasteiger partial charge >= 0.3 is 5.97 Å². The van der Waals surface area contributed by atoms with Gasteiger partial charge in [0.05, 0.1) is 11.3 Å². The van der Waals surface area contributed by atoms with Crippen molar-refractivity contribution >= 4 is 56.0 Å². The van der Waals surface area contributed by atoms with Crippen molar-refractivity contribution in [3.63, 3.8) is 0 Å². The normalized spacial score (nSPS) is 10.9. The van der Waals surface area contributed by atoms with E-state index in [-0.39, 0.29) is 17.2 Å². The second-order valence-corrected chi connectivity index (χ2v) is 7.18. The Morgan fingerprint density at radius 3 is 2.62 bits per heavy atom. The van der Waals surface area contributed by atoms with Crippen molar-refractivity contribution in [2.45, 2.75) is 20.4 Å². The van der Waals surface area contributed by atoms with Crippen LogP contribution in [0.4, 0.5) is 5.69 Å². The first kappa shape index (κ1) is 18.5. The fraction of sp³-hybridized carbons (Fsp3) is 0.158. The monoisotopic (exact) mass is 434 g/mol. The Morgan fingerprint density at radius 1 is 1.23 bits per heavy atom. The molecule has 0 saturated heterocycles. The standard InChI is InChI=1S/C19H16BrClN2O3/c1-3-23-16-7-5-12(21)9-13(16)10(2)17(23)18(24)22-15-6-4-11(20)8-14(15)19(25)26/h4-9H,3H2,1-2H3,(H,22,24)(H,25,26). The Balaban J connectivity index is 2.09. The summed E-state index contributed by atoms with van der Waals surface area (Å²) in [6.45, 7) is 4.41. The molecule has 1 aromatic heterocycles. The number of aryl methyl sites for hydroxylation is 2. The zero-order chi connectivity index (χ0) is 19.0. The first-order valence-electron chi connectivity index (χ1n) is 7.96. The minimum Gasteiger partial charge on any atom is -0.478 e. The average molecular weight is 436 g/mol. The van der Waals surface area contributed by atoms with Crippen molar-refractivity contribution in [3.05, 3.63) is 62.7 Å². The highest BCUT2D eigenvalue weighted by atomic mass is 79.9. The molecule has 134 valence electrons. The van der Waals surface area contributed by atoms with E-state index in [2.05, 4.69) is 21.2 Å². The number of carbonyl (C=O) groups excluding carboxylic acids is 1. The van der Waals surface area contributed by atoms with Crippen molar-refractivity contribution in [2.24, 2.45) is 0 Å². The molecule has 2 aromatic carbocycles. The number of anilines is 1. The van der Waals surface area contributed by atoms with Gasteiger partial charge in [0.2, 0.25) is 0 Å². The highest BCUT2D eigenvalue weighted by Crippen LogP contribution is 2.29. The molecule has 0 aliphatic carbocycles. The van der Waals surface area contributed by atoms with Gasteiger partial charge < -0.3 is 15.0 Å². The number of rotatable bonds is 4. The maximum Gasteiger partial charge on any atom is 0.337 e. The van der Waals surface area contributed by atoms with Crippen molar-refractivity contribution in [1.82, 2.24) is 4.57 Å². The van der Waals surface area contributed by atoms with Gasteiger partial charge in [-0.3, -0.25) is 4.79 Å². The van der Waals surface area contributed by atoms with Crippen LogP contribution in [-0.2, 0) is 6.54 Å². The Kier molecular flexibility index (Phi) is 5.07. The number of benzene rings is 2. The lowest BCUT2D eigenvalue weighted by Crippen LogP contribution is -2.19. The first-order chi connectivity index (χ1) is 12.3. The summed E-state index contributed by atoms with van der Waals surface area (Å²) >= 11 is 9.34. The van der Waals surface area contributed by atoms with Gasteiger partial charge in [-0.05, 0) is 55.8 Å². The fourth-order valence-electron chi connectivity index (χ4n) is 3.10. The minimum atomic E-state index is -1.11. The van der Waals surface area contributed by atoms with Crippen LogP contribution in [0.25, 0.3) is 10.9 Å². The maximum atomic E-state index is 13.0. The molecule has 0 bridgehead atoms. The van der Waals surface area contributed by atoms with Crippen LogP contribution in [0.15, 0.2) is 40.9 Å². The summed E-state index contributed by atoms with van der Waals surface area (Å²) in [6.07, 6.45) is 0. The number of nitrogens with zero attached hydrogens (tertiary/aromatic N) is 1. The number of hydrogen-bond donors (Lipinski definition) is 2. The lowest BCUT2D eigenvalue weighted by Gasteiger charge is -2.12. The van der Waals surface area contributed by atoms with E-state index in [0.717, 1.165) is 16.5 Å². The van der Waals surface area contributed by atoms with Gasteiger partial charge in [-0.2, -0.15) is 0 Å². The topological polar surface area (TPSA) is 71.3 Å². The number of nitrogens with one attached hydrogen (secondary N) is 1. The number of aromatic carboxylic acids is 1. The maximum absolute atomic E-state index is 13.0. The quantitative estimate of drug-likeness (QED) is 0.581. The Morgan fingerprint density at radius 2 is 1.96 bits per heavy atom. The molecule has 0 aliphatic heterocycles. The number of hydrogen-bond acceptors (Lipinski definition) is 2. The number of fused-ring (bicyclic) bond motifs is 1. The predicted molar refractivity (Wildman–Crippen MR) is 106 cm³/mol. The summed E-state index contributed by atoms with van der Waals surface area (Å²) in [6, 6.07) is 10.2. The molecule has 1 heterocycles. The molecule has 26 heavy (non-hydrogen) atoms. The molecule has 0 saturated carbocycles. The Bertz CT molecular complexity index is 1040. The van der Waals surface area contributed by atoms with E-state index in [0.29, 0.717) is 21.7 Å². The van der Waals surface area contributed by atoms with Crippen LogP contribution in [0.1, 0.15) is 33.3 Å². The van der Waals surface area contributed by atoms with E-state index in [4.69, 9.17) is 11.6 Å². The third-order valence-corrected chi connectivity index (χ3v) is 5.00. The molecular formula is C19H16BrClN2O3. The molecule has 0 atom stereocenters. The fourth-order valence-corrected chi connectivity index (χ4v) is 3.63. The van der Waals surface area contributed by atoms with Crippen LogP contribution in [0.3, 0.4) is 0 Å². The van der Waals surface area contributed by atoms with Gasteiger partial charge in [-0.1, -0.05) is 27.5 Å². The summed E-state index contributed by atoms with van der Waals surface area (Å²) in [4.78, 5) is 24.4. The number of carbonyl (C=O) groups is 2. The molecule has 0 fully saturated rings. The smallest absolute Gasteiger partial charge is 0.337 e. The van der Waals surface area contributed by atoms with Gasteiger partial charge in [0, 0.05) is 26.9 Å². The number of carboxylic acid groups (broad SMARTS) is 1. The second-order valence-electron chi connectivity index (χ2n) is 5.83. The average Bonchev–Trinajstić information content (AvgIpc) is 2.88. The lowest BCUT2D eigenvalue weighted by molar-refractivity contribution is 0.0698. The van der Waals surface area contributed by atoms with Crippen LogP contribution in [0, 0.1) is 6.92 Å². The second kappa shape index (κ2) is 7.13. The molecule has 3 aromatic rings. The van der Waals surface area contributed by atoms with Crippen molar-refractivity contribution in [2.75, 3.05) is 5.32 Å². The van der Waals surface area contributed by atoms with Crippen LogP contribution in [-0.4, -0.2) is 21.6 Å². The van der Waals surface area contributed by atoms with E-state index >= 15 is 0 Å². The van der Waals surface area contributed by atoms with Gasteiger partial charge in [0.1, 0.15) is 5.69 Å². The van der Waals surface area contributed by atoms with Gasteiger partial charge in [0.25, 0.3) is 5.91 Å². The van der Waals surface area contributed by atoms with Gasteiger partial charge in [-0.25, -0.2) is 4.79 Å². The molecule has 7 heteroatoms. The van der Waals surface area contributed by atoms with E-state index in [9.17, 15) is 14.7 Å². The van der Waals surface area contributed by atoms with Crippen molar-refractivity contribution in [3.8, 4) is 0 Å². The molecule has 0 radical (unpaired) electrons. The first-order valence-corrected chi connectivity index (χ1v) is 9.13. The van der Waals surface area contributed by atoms with Gasteiger partial charge in [0.15, 0.2) is 0 Å². The molecular weight excluding hydrogens is 420 g/mol. The van der Waals surface area contributed by atoms with Crippen LogP contribution in [0.5, 0.6) is 0 Å². The zero-order valence-corrected chi connectivity index (χ0v) is 16.5. The summed E-state index contributed by atoms with van der Waals surface area (Å²) in [5.41, 5.74) is 2.47. The largest absolute Gasteiger partial charge is 0.478 e. The van der Waals surface area contributed by atoms with E-state index in [1.807, 2.05) is 30.5 Å². The van der Waals surface area contributed by atoms with E-state index in [1.54, 1.807) is 18.2 Å². The van der Waals surface area contributed by atoms with Crippen LogP contribution >= 0.6 is 27.5 Å². The number of aromatic nitrogens is 1. The summed E-state index contributed by atoms with van der Waals surface area (Å²) in [7, 11) is 0. The van der Waals surface area contributed by atoms with E-state index < -0.39 is 5.97 Å². The molecule has 5 nitrogen and oxygen atoms in total. The molecule has 0 unspecified atom stereocenters. The Labute approximate surface area is 163 Å². The summed E-state index contributed by atoms with van der Waals surface area (Å²) < 4.78 is 2.52. The summed E-state index contributed by atoms with van der Waals surface area (Å²) in [5, 5.41) is 13.6. The van der Waals surface area contributed by atoms with Gasteiger partial charge in [-0.15, -0.1) is 0 Å². The highest BCUT2D eigenvalue weighted by molar-refractivity contribution is 9.10. The molecule has 2 N–H and O–H groups in total. The van der Waals surface area contributed by atoms with Crippen molar-refractivity contribution < 1.29 is 14.7 Å². The molecule has 3 rings (SSSR count). The van der Waals surface area contributed by atoms with Crippen molar-refractivity contribution in [1.29, 1.82) is 0 Å². The molecule has 1 amide bonds. The zero-order valence-electron chi connectivity index (χ0n) is 14.1. The minimum absolute atomic E-state index is 0.0209. The Hall–Kier alpha value is -2.31. The molecule has 0 spiro atoms. The summed E-state index contributed by atoms with van der Waals surface area (Å²) in [5.74, 6) is -1.47. The number of halogens is 2. The predicted octanol–water partition coefficient (Wildman–Crippen LogP) is 5.34. The SMILES string of the molecule is CCn1c(C(=O)Nc2ccc(Br)cc2C(=O)O)c(C)c2cc(Cl)ccc21. The van der Waals surface area contributed by atoms with Crippen LogP contribution in [0.2, 0.25) is 5.02 Å². The third-order valence-electron chi connectivity index (χ3n) is 4.27.